The van der Waals surface area contributed by atoms with Crippen molar-refractivity contribution in [3.63, 3.8) is 0 Å². The van der Waals surface area contributed by atoms with Crippen molar-refractivity contribution in [2.75, 3.05) is 20.0 Å². The van der Waals surface area contributed by atoms with Gasteiger partial charge < -0.3 is 20.9 Å². The molecule has 18 heavy (non-hydrogen) atoms. The number of ether oxygens (including phenoxy) is 2. The molecule has 4 N–H and O–H groups in total. The summed E-state index contributed by atoms with van der Waals surface area (Å²) in [5.41, 5.74) is 13.8. The van der Waals surface area contributed by atoms with Crippen molar-refractivity contribution in [2.45, 2.75) is 6.54 Å². The van der Waals surface area contributed by atoms with Gasteiger partial charge in [0, 0.05) is 23.1 Å². The summed E-state index contributed by atoms with van der Waals surface area (Å²) in [5.74, 6) is 1.43. The van der Waals surface area contributed by atoms with Crippen LogP contribution in [0.4, 0.5) is 5.13 Å². The van der Waals surface area contributed by atoms with E-state index in [0.717, 1.165) is 22.6 Å². The molecular weight excluding hydrogens is 250 g/mol. The van der Waals surface area contributed by atoms with Gasteiger partial charge in [0.05, 0.1) is 19.9 Å². The number of methoxy groups -OCH3 is 2. The lowest BCUT2D eigenvalue weighted by Gasteiger charge is -2.12. The Morgan fingerprint density at radius 1 is 1.22 bits per heavy atom. The summed E-state index contributed by atoms with van der Waals surface area (Å²) in [6, 6.07) is 3.74. The normalized spacial score (nSPS) is 10.4. The maximum Gasteiger partial charge on any atom is 0.180 e. The third-order valence-corrected chi connectivity index (χ3v) is 3.29. The molecule has 0 unspecified atom stereocenters. The van der Waals surface area contributed by atoms with E-state index in [1.807, 2.05) is 17.5 Å². The second kappa shape index (κ2) is 5.24. The number of anilines is 1. The lowest BCUT2D eigenvalue weighted by Crippen LogP contribution is -2.01. The zero-order chi connectivity index (χ0) is 13.1. The molecule has 1 aromatic heterocycles. The van der Waals surface area contributed by atoms with Crippen LogP contribution in [-0.2, 0) is 6.54 Å². The molecule has 0 bridgehead atoms. The zero-order valence-electron chi connectivity index (χ0n) is 10.3. The van der Waals surface area contributed by atoms with E-state index < -0.39 is 0 Å². The second-order valence-electron chi connectivity index (χ2n) is 3.64. The lowest BCUT2D eigenvalue weighted by atomic mass is 10.1. The average molecular weight is 265 g/mol. The van der Waals surface area contributed by atoms with Gasteiger partial charge in [-0.1, -0.05) is 0 Å². The van der Waals surface area contributed by atoms with Gasteiger partial charge in [-0.3, -0.25) is 0 Å². The van der Waals surface area contributed by atoms with Gasteiger partial charge in [-0.25, -0.2) is 4.98 Å². The van der Waals surface area contributed by atoms with Crippen molar-refractivity contribution >= 4 is 16.5 Å². The molecular formula is C12H15N3O2S. The first-order chi connectivity index (χ1) is 8.69. The van der Waals surface area contributed by atoms with E-state index in [4.69, 9.17) is 20.9 Å². The number of benzene rings is 1. The van der Waals surface area contributed by atoms with E-state index in [1.54, 1.807) is 14.2 Å². The van der Waals surface area contributed by atoms with Crippen molar-refractivity contribution in [1.29, 1.82) is 0 Å². The van der Waals surface area contributed by atoms with Crippen LogP contribution in [-0.4, -0.2) is 19.2 Å². The minimum absolute atomic E-state index is 0.388. The van der Waals surface area contributed by atoms with Crippen molar-refractivity contribution in [3.05, 3.63) is 23.1 Å². The predicted molar refractivity (Wildman–Crippen MR) is 73.0 cm³/mol. The summed E-state index contributed by atoms with van der Waals surface area (Å²) >= 11 is 1.39. The molecule has 0 saturated carbocycles. The minimum atomic E-state index is 0.388. The van der Waals surface area contributed by atoms with E-state index in [2.05, 4.69) is 4.98 Å². The first-order valence-electron chi connectivity index (χ1n) is 5.36. The summed E-state index contributed by atoms with van der Waals surface area (Å²) in [5, 5.41) is 2.41. The van der Waals surface area contributed by atoms with Gasteiger partial charge in [0.1, 0.15) is 11.5 Å². The molecule has 0 amide bonds. The molecule has 0 atom stereocenters. The van der Waals surface area contributed by atoms with E-state index >= 15 is 0 Å². The summed E-state index contributed by atoms with van der Waals surface area (Å²) in [6.07, 6.45) is 0. The van der Waals surface area contributed by atoms with Gasteiger partial charge in [-0.15, -0.1) is 11.3 Å². The van der Waals surface area contributed by atoms with Crippen LogP contribution < -0.4 is 20.9 Å². The Kier molecular flexibility index (Phi) is 3.69. The van der Waals surface area contributed by atoms with Crippen molar-refractivity contribution in [3.8, 4) is 22.8 Å². The highest BCUT2D eigenvalue weighted by Crippen LogP contribution is 2.36. The average Bonchev–Trinajstić information content (AvgIpc) is 2.83. The van der Waals surface area contributed by atoms with Gasteiger partial charge in [-0.2, -0.15) is 0 Å². The highest BCUT2D eigenvalue weighted by molar-refractivity contribution is 7.13. The Bertz CT molecular complexity index is 554. The van der Waals surface area contributed by atoms with Crippen LogP contribution in [0.5, 0.6) is 11.5 Å². The highest BCUT2D eigenvalue weighted by Gasteiger charge is 2.14. The Hall–Kier alpha value is -1.79. The summed E-state index contributed by atoms with van der Waals surface area (Å²) in [4.78, 5) is 4.25. The van der Waals surface area contributed by atoms with Crippen LogP contribution in [0.1, 0.15) is 5.56 Å². The molecule has 2 aromatic rings. The number of nitrogen functional groups attached to an aromatic ring is 1. The fourth-order valence-corrected chi connectivity index (χ4v) is 2.30. The van der Waals surface area contributed by atoms with E-state index in [-0.39, 0.29) is 0 Å². The molecule has 0 aliphatic carbocycles. The zero-order valence-corrected chi connectivity index (χ0v) is 11.1. The number of hydrogen-bond donors (Lipinski definition) is 2. The SMILES string of the molecule is COc1cc(-c2csc(N)n2)c(OC)cc1CN. The largest absolute Gasteiger partial charge is 0.496 e. The quantitative estimate of drug-likeness (QED) is 0.881. The third kappa shape index (κ3) is 2.25. The molecule has 0 radical (unpaired) electrons. The van der Waals surface area contributed by atoms with Crippen molar-refractivity contribution < 1.29 is 9.47 Å². The van der Waals surface area contributed by atoms with Gasteiger partial charge in [0.15, 0.2) is 5.13 Å². The Morgan fingerprint density at radius 3 is 2.44 bits per heavy atom. The Morgan fingerprint density at radius 2 is 1.94 bits per heavy atom. The van der Waals surface area contributed by atoms with Crippen LogP contribution in [0.15, 0.2) is 17.5 Å². The molecule has 5 nitrogen and oxygen atoms in total. The van der Waals surface area contributed by atoms with Gasteiger partial charge in [0.2, 0.25) is 0 Å². The number of hydrogen-bond acceptors (Lipinski definition) is 6. The fourth-order valence-electron chi connectivity index (χ4n) is 1.73. The molecule has 0 aliphatic heterocycles. The molecule has 96 valence electrons. The number of thiazole rings is 1. The van der Waals surface area contributed by atoms with Crippen LogP contribution in [0, 0.1) is 0 Å². The topological polar surface area (TPSA) is 83.4 Å². The van der Waals surface area contributed by atoms with Crippen LogP contribution in [0.25, 0.3) is 11.3 Å². The van der Waals surface area contributed by atoms with Crippen LogP contribution in [0.3, 0.4) is 0 Å². The lowest BCUT2D eigenvalue weighted by molar-refractivity contribution is 0.400. The maximum atomic E-state index is 5.67. The molecule has 0 spiro atoms. The third-order valence-electron chi connectivity index (χ3n) is 2.62. The minimum Gasteiger partial charge on any atom is -0.496 e. The standard InChI is InChI=1S/C12H15N3O2S/c1-16-10-4-8(9-6-18-12(14)15-9)11(17-2)3-7(10)5-13/h3-4,6H,5,13H2,1-2H3,(H2,14,15). The molecule has 2 rings (SSSR count). The summed E-state index contributed by atoms with van der Waals surface area (Å²) < 4.78 is 10.7. The van der Waals surface area contributed by atoms with E-state index in [0.29, 0.717) is 17.4 Å². The van der Waals surface area contributed by atoms with Crippen molar-refractivity contribution in [1.82, 2.24) is 4.98 Å². The van der Waals surface area contributed by atoms with Gasteiger partial charge >= 0.3 is 0 Å². The number of nitrogens with zero attached hydrogens (tertiary/aromatic N) is 1. The molecule has 0 fully saturated rings. The first-order valence-corrected chi connectivity index (χ1v) is 6.24. The molecule has 0 aliphatic rings. The molecule has 1 heterocycles. The monoisotopic (exact) mass is 265 g/mol. The van der Waals surface area contributed by atoms with Crippen LogP contribution in [0.2, 0.25) is 0 Å². The Labute approximate surface area is 109 Å². The number of aromatic nitrogens is 1. The van der Waals surface area contributed by atoms with Gasteiger partial charge in [-0.05, 0) is 12.1 Å². The smallest absolute Gasteiger partial charge is 0.180 e. The van der Waals surface area contributed by atoms with E-state index in [1.165, 1.54) is 11.3 Å². The molecule has 6 heteroatoms. The summed E-state index contributed by atoms with van der Waals surface area (Å²) in [7, 11) is 3.22. The fraction of sp³-hybridized carbons (Fsp3) is 0.250. The maximum absolute atomic E-state index is 5.67. The van der Waals surface area contributed by atoms with E-state index in [9.17, 15) is 0 Å². The highest BCUT2D eigenvalue weighted by atomic mass is 32.1. The number of rotatable bonds is 4. The summed E-state index contributed by atoms with van der Waals surface area (Å²) in [6.45, 7) is 0.388. The number of nitrogens with two attached hydrogens (primary N) is 2. The molecule has 0 saturated heterocycles. The second-order valence-corrected chi connectivity index (χ2v) is 4.53. The molecule has 1 aromatic carbocycles. The predicted octanol–water partition coefficient (Wildman–Crippen LogP) is 1.87. The van der Waals surface area contributed by atoms with Crippen LogP contribution >= 0.6 is 11.3 Å². The first kappa shape index (κ1) is 12.7. The van der Waals surface area contributed by atoms with Gasteiger partial charge in [0.25, 0.3) is 0 Å². The van der Waals surface area contributed by atoms with Crippen molar-refractivity contribution in [2.24, 2.45) is 5.73 Å². The Balaban J connectivity index is 2.58.